The molecule has 2 aromatic rings. The van der Waals surface area contributed by atoms with Gasteiger partial charge < -0.3 is 10.1 Å². The molecule has 1 saturated heterocycles. The minimum Gasteiger partial charge on any atom is -0.465 e. The SMILES string of the molecule is COC(=O)c1ccc(S(=O)(=O)CC2CC(c3ccccc3)CN2)cc1. The molecule has 0 aliphatic carbocycles. The molecule has 2 atom stereocenters. The molecule has 6 heteroatoms. The Bertz CT molecular complexity index is 831. The third-order valence-electron chi connectivity index (χ3n) is 4.55. The van der Waals surface area contributed by atoms with E-state index in [0.717, 1.165) is 13.0 Å². The minimum absolute atomic E-state index is 0.0495. The molecular weight excluding hydrogens is 338 g/mol. The van der Waals surface area contributed by atoms with Crippen molar-refractivity contribution in [2.45, 2.75) is 23.3 Å². The van der Waals surface area contributed by atoms with Gasteiger partial charge in [-0.05, 0) is 42.2 Å². The highest BCUT2D eigenvalue weighted by atomic mass is 32.2. The predicted octanol–water partition coefficient (Wildman–Crippen LogP) is 2.39. The number of benzene rings is 2. The van der Waals surface area contributed by atoms with Crippen LogP contribution in [-0.4, -0.2) is 39.8 Å². The van der Waals surface area contributed by atoms with E-state index in [1.54, 1.807) is 0 Å². The quantitative estimate of drug-likeness (QED) is 0.830. The molecule has 1 heterocycles. The molecule has 2 unspecified atom stereocenters. The Morgan fingerprint density at radius 3 is 2.44 bits per heavy atom. The molecule has 25 heavy (non-hydrogen) atoms. The molecule has 0 aromatic heterocycles. The van der Waals surface area contributed by atoms with Gasteiger partial charge in [-0.25, -0.2) is 13.2 Å². The number of hydrogen-bond acceptors (Lipinski definition) is 5. The molecule has 0 radical (unpaired) electrons. The van der Waals surface area contributed by atoms with E-state index in [1.165, 1.54) is 36.9 Å². The van der Waals surface area contributed by atoms with Crippen molar-refractivity contribution < 1.29 is 17.9 Å². The Morgan fingerprint density at radius 2 is 1.80 bits per heavy atom. The summed E-state index contributed by atoms with van der Waals surface area (Å²) in [4.78, 5) is 11.7. The lowest BCUT2D eigenvalue weighted by Crippen LogP contribution is -2.29. The third-order valence-corrected chi connectivity index (χ3v) is 6.38. The molecule has 0 saturated carbocycles. The van der Waals surface area contributed by atoms with Gasteiger partial charge in [-0.2, -0.15) is 0 Å². The smallest absolute Gasteiger partial charge is 0.337 e. The number of carbonyl (C=O) groups is 1. The molecule has 132 valence electrons. The zero-order chi connectivity index (χ0) is 17.9. The molecule has 1 aliphatic heterocycles. The number of carbonyl (C=O) groups excluding carboxylic acids is 1. The third kappa shape index (κ3) is 4.08. The van der Waals surface area contributed by atoms with Crippen LogP contribution in [0.4, 0.5) is 0 Å². The molecule has 1 aliphatic rings. The van der Waals surface area contributed by atoms with Crippen LogP contribution < -0.4 is 5.32 Å². The van der Waals surface area contributed by atoms with Crippen molar-refractivity contribution in [3.63, 3.8) is 0 Å². The zero-order valence-electron chi connectivity index (χ0n) is 14.0. The van der Waals surface area contributed by atoms with Crippen LogP contribution in [0.5, 0.6) is 0 Å². The normalized spacial score (nSPS) is 20.4. The van der Waals surface area contributed by atoms with Crippen molar-refractivity contribution in [2.75, 3.05) is 19.4 Å². The summed E-state index contributed by atoms with van der Waals surface area (Å²) >= 11 is 0. The molecule has 0 spiro atoms. The maximum atomic E-state index is 12.6. The van der Waals surface area contributed by atoms with Gasteiger partial charge in [0.15, 0.2) is 9.84 Å². The van der Waals surface area contributed by atoms with Crippen molar-refractivity contribution in [2.24, 2.45) is 0 Å². The van der Waals surface area contributed by atoms with E-state index < -0.39 is 15.8 Å². The topological polar surface area (TPSA) is 72.5 Å². The van der Waals surface area contributed by atoms with Crippen molar-refractivity contribution in [1.82, 2.24) is 5.32 Å². The first-order chi connectivity index (χ1) is 12.0. The van der Waals surface area contributed by atoms with E-state index in [0.29, 0.717) is 11.5 Å². The largest absolute Gasteiger partial charge is 0.465 e. The van der Waals surface area contributed by atoms with Crippen molar-refractivity contribution in [3.05, 3.63) is 65.7 Å². The molecule has 1 N–H and O–H groups in total. The summed E-state index contributed by atoms with van der Waals surface area (Å²) in [6, 6.07) is 16.0. The summed E-state index contributed by atoms with van der Waals surface area (Å²) in [5, 5.41) is 3.32. The minimum atomic E-state index is -3.41. The van der Waals surface area contributed by atoms with Crippen LogP contribution in [0.1, 0.15) is 28.3 Å². The van der Waals surface area contributed by atoms with Crippen LogP contribution in [-0.2, 0) is 14.6 Å². The highest BCUT2D eigenvalue weighted by molar-refractivity contribution is 7.91. The van der Waals surface area contributed by atoms with Crippen LogP contribution in [0.25, 0.3) is 0 Å². The van der Waals surface area contributed by atoms with E-state index in [2.05, 4.69) is 22.2 Å². The highest BCUT2D eigenvalue weighted by Crippen LogP contribution is 2.27. The Labute approximate surface area is 147 Å². The first-order valence-corrected chi connectivity index (χ1v) is 9.84. The van der Waals surface area contributed by atoms with Gasteiger partial charge in [0.25, 0.3) is 0 Å². The van der Waals surface area contributed by atoms with E-state index in [9.17, 15) is 13.2 Å². The van der Waals surface area contributed by atoms with Gasteiger partial charge in [0.2, 0.25) is 0 Å². The fourth-order valence-electron chi connectivity index (χ4n) is 3.20. The second-order valence-corrected chi connectivity index (χ2v) is 8.28. The molecule has 2 aromatic carbocycles. The van der Waals surface area contributed by atoms with Crippen LogP contribution >= 0.6 is 0 Å². The Morgan fingerprint density at radius 1 is 1.12 bits per heavy atom. The second kappa shape index (κ2) is 7.37. The van der Waals surface area contributed by atoms with E-state index in [1.807, 2.05) is 18.2 Å². The van der Waals surface area contributed by atoms with Gasteiger partial charge in [0, 0.05) is 12.6 Å². The van der Waals surface area contributed by atoms with Crippen molar-refractivity contribution in [3.8, 4) is 0 Å². The van der Waals surface area contributed by atoms with Crippen LogP contribution in [0, 0.1) is 0 Å². The van der Waals surface area contributed by atoms with Gasteiger partial charge in [0.1, 0.15) is 0 Å². The fourth-order valence-corrected chi connectivity index (χ4v) is 4.73. The molecule has 5 nitrogen and oxygen atoms in total. The van der Waals surface area contributed by atoms with Gasteiger partial charge >= 0.3 is 5.97 Å². The standard InChI is InChI=1S/C19H21NO4S/c1-24-19(21)15-7-9-18(10-8-15)25(22,23)13-17-11-16(12-20-17)14-5-3-2-4-6-14/h2-10,16-17,20H,11-13H2,1H3. The van der Waals surface area contributed by atoms with E-state index in [-0.39, 0.29) is 16.7 Å². The fraction of sp³-hybridized carbons (Fsp3) is 0.316. The maximum Gasteiger partial charge on any atom is 0.337 e. The van der Waals surface area contributed by atoms with E-state index >= 15 is 0 Å². The average Bonchev–Trinajstić information content (AvgIpc) is 3.09. The van der Waals surface area contributed by atoms with Gasteiger partial charge in [-0.3, -0.25) is 0 Å². The number of esters is 1. The Balaban J connectivity index is 1.67. The number of rotatable bonds is 5. The van der Waals surface area contributed by atoms with Gasteiger partial charge in [-0.15, -0.1) is 0 Å². The number of nitrogens with one attached hydrogen (secondary N) is 1. The second-order valence-electron chi connectivity index (χ2n) is 6.25. The monoisotopic (exact) mass is 359 g/mol. The van der Waals surface area contributed by atoms with Crippen molar-refractivity contribution >= 4 is 15.8 Å². The summed E-state index contributed by atoms with van der Waals surface area (Å²) in [5.41, 5.74) is 1.57. The number of hydrogen-bond donors (Lipinski definition) is 1. The highest BCUT2D eigenvalue weighted by Gasteiger charge is 2.29. The summed E-state index contributed by atoms with van der Waals surface area (Å²) in [5.74, 6) is -0.0938. The summed E-state index contributed by atoms with van der Waals surface area (Å²) in [7, 11) is -2.12. The molecule has 0 bridgehead atoms. The lowest BCUT2D eigenvalue weighted by Gasteiger charge is -2.12. The van der Waals surface area contributed by atoms with Gasteiger partial charge in [0.05, 0.1) is 23.3 Å². The Hall–Kier alpha value is -2.18. The lowest BCUT2D eigenvalue weighted by atomic mass is 9.97. The van der Waals surface area contributed by atoms with Crippen molar-refractivity contribution in [1.29, 1.82) is 0 Å². The molecule has 3 rings (SSSR count). The molecule has 0 amide bonds. The lowest BCUT2D eigenvalue weighted by molar-refractivity contribution is 0.0600. The number of ether oxygens (including phenoxy) is 1. The maximum absolute atomic E-state index is 12.6. The van der Waals surface area contributed by atoms with Crippen LogP contribution in [0.2, 0.25) is 0 Å². The summed E-state index contributed by atoms with van der Waals surface area (Å²) < 4.78 is 29.9. The number of methoxy groups -OCH3 is 1. The van der Waals surface area contributed by atoms with Crippen LogP contribution in [0.3, 0.4) is 0 Å². The Kier molecular flexibility index (Phi) is 5.20. The first kappa shape index (κ1) is 17.6. The number of sulfone groups is 1. The molecular formula is C19H21NO4S. The van der Waals surface area contributed by atoms with E-state index in [4.69, 9.17) is 0 Å². The summed E-state index contributed by atoms with van der Waals surface area (Å²) in [6.45, 7) is 0.783. The zero-order valence-corrected chi connectivity index (χ0v) is 14.8. The van der Waals surface area contributed by atoms with Crippen LogP contribution in [0.15, 0.2) is 59.5 Å². The van der Waals surface area contributed by atoms with Gasteiger partial charge in [-0.1, -0.05) is 30.3 Å². The molecule has 1 fully saturated rings. The average molecular weight is 359 g/mol. The first-order valence-electron chi connectivity index (χ1n) is 8.19. The summed E-state index contributed by atoms with van der Waals surface area (Å²) in [6.07, 6.45) is 0.795. The predicted molar refractivity (Wildman–Crippen MR) is 95.4 cm³/mol.